The van der Waals surface area contributed by atoms with Crippen LogP contribution in [0.1, 0.15) is 92.9 Å². The number of carbonyl (C=O) groups excluding carboxylic acids is 1. The summed E-state index contributed by atoms with van der Waals surface area (Å²) in [5, 5.41) is 0. The molecule has 0 amide bonds. The zero-order chi connectivity index (χ0) is 19.9. The summed E-state index contributed by atoms with van der Waals surface area (Å²) in [6.07, 6.45) is 8.23. The molecule has 27 heavy (non-hydrogen) atoms. The zero-order valence-electron chi connectivity index (χ0n) is 18.3. The molecule has 0 radical (unpaired) electrons. The predicted octanol–water partition coefficient (Wildman–Crippen LogP) is 5.28. The van der Waals surface area contributed by atoms with Gasteiger partial charge in [0, 0.05) is 18.9 Å². The van der Waals surface area contributed by atoms with Crippen LogP contribution in [-0.2, 0) is 19.0 Å². The molecule has 3 fully saturated rings. The van der Waals surface area contributed by atoms with Crippen molar-refractivity contribution in [1.29, 1.82) is 0 Å². The van der Waals surface area contributed by atoms with Crippen LogP contribution in [0.4, 0.5) is 0 Å². The second kappa shape index (κ2) is 7.76. The Morgan fingerprint density at radius 3 is 2.56 bits per heavy atom. The molecule has 4 nitrogen and oxygen atoms in total. The van der Waals surface area contributed by atoms with E-state index in [0.29, 0.717) is 18.3 Å². The summed E-state index contributed by atoms with van der Waals surface area (Å²) in [5.74, 6) is 0.734. The van der Waals surface area contributed by atoms with E-state index in [-0.39, 0.29) is 29.1 Å². The molecule has 0 aromatic rings. The fraction of sp³-hybridized carbons (Fsp3) is 0.957. The van der Waals surface area contributed by atoms with Gasteiger partial charge in [0.2, 0.25) is 0 Å². The lowest BCUT2D eigenvalue weighted by atomic mass is 9.64. The second-order valence-electron chi connectivity index (χ2n) is 9.81. The largest absolute Gasteiger partial charge is 0.378 e. The molecule has 0 unspecified atom stereocenters. The van der Waals surface area contributed by atoms with E-state index in [0.717, 1.165) is 44.9 Å². The number of hydrogen-bond acceptors (Lipinski definition) is 4. The van der Waals surface area contributed by atoms with Gasteiger partial charge in [-0.3, -0.25) is 4.79 Å². The van der Waals surface area contributed by atoms with Crippen molar-refractivity contribution in [2.24, 2.45) is 17.3 Å². The summed E-state index contributed by atoms with van der Waals surface area (Å²) in [4.78, 5) is 12.4. The molecule has 4 heteroatoms. The SMILES string of the molecule is CCC1(CC)OC(C)(C)O[C@H]1CCO[C@H](C)[C@H]1CC[C@H]2C(=O)CCC[C@]12C. The molecule has 1 heterocycles. The highest BCUT2D eigenvalue weighted by molar-refractivity contribution is 5.83. The molecule has 0 aromatic heterocycles. The van der Waals surface area contributed by atoms with E-state index in [4.69, 9.17) is 14.2 Å². The number of rotatable bonds is 7. The van der Waals surface area contributed by atoms with Gasteiger partial charge in [0.05, 0.1) is 17.8 Å². The number of ether oxygens (including phenoxy) is 3. The standard InChI is InChI=1S/C23H40O4/c1-7-23(8-2)20(26-21(4,5)27-23)13-15-25-16(3)17-11-12-18-19(24)10-9-14-22(17,18)6/h16-18,20H,7-15H2,1-6H3/t16-,17-,18+,20+,22-/m1/s1. The van der Waals surface area contributed by atoms with Crippen LogP contribution < -0.4 is 0 Å². The van der Waals surface area contributed by atoms with Gasteiger partial charge >= 0.3 is 0 Å². The van der Waals surface area contributed by atoms with E-state index in [1.165, 1.54) is 6.42 Å². The predicted molar refractivity (Wildman–Crippen MR) is 107 cm³/mol. The van der Waals surface area contributed by atoms with E-state index < -0.39 is 5.79 Å². The highest BCUT2D eigenvalue weighted by Crippen LogP contribution is 2.55. The maximum absolute atomic E-state index is 12.4. The lowest BCUT2D eigenvalue weighted by molar-refractivity contribution is -0.164. The van der Waals surface area contributed by atoms with Crippen LogP contribution in [0.3, 0.4) is 0 Å². The van der Waals surface area contributed by atoms with Gasteiger partial charge in [-0.1, -0.05) is 20.8 Å². The Morgan fingerprint density at radius 1 is 1.19 bits per heavy atom. The maximum Gasteiger partial charge on any atom is 0.164 e. The van der Waals surface area contributed by atoms with Gasteiger partial charge in [-0.2, -0.15) is 0 Å². The number of hydrogen-bond donors (Lipinski definition) is 0. The number of fused-ring (bicyclic) bond motifs is 1. The molecular formula is C23H40O4. The summed E-state index contributed by atoms with van der Waals surface area (Å²) in [6, 6.07) is 0. The lowest BCUT2D eigenvalue weighted by Crippen LogP contribution is -2.42. The third-order valence-corrected chi connectivity index (χ3v) is 7.92. The van der Waals surface area contributed by atoms with E-state index in [9.17, 15) is 4.79 Å². The van der Waals surface area contributed by atoms with Crippen molar-refractivity contribution in [3.8, 4) is 0 Å². The van der Waals surface area contributed by atoms with Crippen LogP contribution in [0.2, 0.25) is 0 Å². The van der Waals surface area contributed by atoms with Gasteiger partial charge in [-0.05, 0) is 77.0 Å². The van der Waals surface area contributed by atoms with Crippen molar-refractivity contribution in [1.82, 2.24) is 0 Å². The molecule has 3 aliphatic rings. The van der Waals surface area contributed by atoms with Crippen molar-refractivity contribution in [2.75, 3.05) is 6.61 Å². The van der Waals surface area contributed by atoms with Crippen molar-refractivity contribution in [2.45, 2.75) is 117 Å². The Kier molecular flexibility index (Phi) is 6.11. The van der Waals surface area contributed by atoms with Gasteiger partial charge in [-0.15, -0.1) is 0 Å². The van der Waals surface area contributed by atoms with Gasteiger partial charge in [0.1, 0.15) is 5.78 Å². The van der Waals surface area contributed by atoms with Gasteiger partial charge < -0.3 is 14.2 Å². The molecule has 3 rings (SSSR count). The Bertz CT molecular complexity index is 538. The van der Waals surface area contributed by atoms with Crippen LogP contribution >= 0.6 is 0 Å². The smallest absolute Gasteiger partial charge is 0.164 e. The molecule has 2 saturated carbocycles. The molecule has 5 atom stereocenters. The van der Waals surface area contributed by atoms with Crippen molar-refractivity contribution >= 4 is 5.78 Å². The topological polar surface area (TPSA) is 44.8 Å². The maximum atomic E-state index is 12.4. The molecule has 1 aliphatic heterocycles. The Labute approximate surface area is 165 Å². The van der Waals surface area contributed by atoms with Gasteiger partial charge in [0.15, 0.2) is 5.79 Å². The minimum atomic E-state index is -0.517. The Balaban J connectivity index is 1.57. The average molecular weight is 381 g/mol. The van der Waals surface area contributed by atoms with Crippen LogP contribution in [0, 0.1) is 17.3 Å². The first kappa shape index (κ1) is 21.3. The molecule has 0 bridgehead atoms. The number of carbonyl (C=O) groups is 1. The minimum Gasteiger partial charge on any atom is -0.378 e. The van der Waals surface area contributed by atoms with Crippen molar-refractivity contribution < 1.29 is 19.0 Å². The monoisotopic (exact) mass is 380 g/mol. The lowest BCUT2D eigenvalue weighted by Gasteiger charge is -2.42. The molecule has 2 aliphatic carbocycles. The molecule has 0 N–H and O–H groups in total. The summed E-state index contributed by atoms with van der Waals surface area (Å²) in [6.45, 7) is 13.6. The first-order valence-corrected chi connectivity index (χ1v) is 11.2. The first-order chi connectivity index (χ1) is 12.7. The minimum absolute atomic E-state index is 0.0814. The van der Waals surface area contributed by atoms with E-state index in [2.05, 4.69) is 27.7 Å². The summed E-state index contributed by atoms with van der Waals surface area (Å²) in [7, 11) is 0. The molecule has 0 aromatic carbocycles. The van der Waals surface area contributed by atoms with Crippen LogP contribution in [-0.4, -0.2) is 36.0 Å². The van der Waals surface area contributed by atoms with E-state index in [1.807, 2.05) is 13.8 Å². The fourth-order valence-electron chi connectivity index (χ4n) is 6.42. The van der Waals surface area contributed by atoms with E-state index >= 15 is 0 Å². The molecule has 156 valence electrons. The molecule has 1 saturated heterocycles. The van der Waals surface area contributed by atoms with Crippen LogP contribution in [0.25, 0.3) is 0 Å². The van der Waals surface area contributed by atoms with Crippen LogP contribution in [0.15, 0.2) is 0 Å². The first-order valence-electron chi connectivity index (χ1n) is 11.2. The average Bonchev–Trinajstić information content (AvgIpc) is 3.09. The summed E-state index contributed by atoms with van der Waals surface area (Å²) in [5.41, 5.74) is -0.0589. The van der Waals surface area contributed by atoms with Gasteiger partial charge in [0.25, 0.3) is 0 Å². The third kappa shape index (κ3) is 3.86. The third-order valence-electron chi connectivity index (χ3n) is 7.92. The quantitative estimate of drug-likeness (QED) is 0.603. The Morgan fingerprint density at radius 2 is 1.89 bits per heavy atom. The van der Waals surface area contributed by atoms with Crippen molar-refractivity contribution in [3.05, 3.63) is 0 Å². The van der Waals surface area contributed by atoms with E-state index in [1.54, 1.807) is 0 Å². The zero-order valence-corrected chi connectivity index (χ0v) is 18.3. The van der Waals surface area contributed by atoms with Crippen LogP contribution in [0.5, 0.6) is 0 Å². The molecular weight excluding hydrogens is 340 g/mol. The number of ketones is 1. The number of Topliss-reactive ketones (excluding diaryl/α,β-unsaturated/α-hetero) is 1. The Hall–Kier alpha value is -0.450. The fourth-order valence-corrected chi connectivity index (χ4v) is 6.42. The summed E-state index contributed by atoms with van der Waals surface area (Å²) >= 11 is 0. The second-order valence-corrected chi connectivity index (χ2v) is 9.81. The highest BCUT2D eigenvalue weighted by atomic mass is 16.8. The molecule has 0 spiro atoms. The van der Waals surface area contributed by atoms with Crippen molar-refractivity contribution in [3.63, 3.8) is 0 Å². The highest BCUT2D eigenvalue weighted by Gasteiger charge is 2.53. The normalized spacial score (nSPS) is 38.7. The van der Waals surface area contributed by atoms with Gasteiger partial charge in [-0.25, -0.2) is 0 Å². The summed E-state index contributed by atoms with van der Waals surface area (Å²) < 4.78 is 18.9.